The molecule has 0 bridgehead atoms. The fourth-order valence-electron chi connectivity index (χ4n) is 1.81. The fourth-order valence-corrected chi connectivity index (χ4v) is 1.81. The predicted molar refractivity (Wildman–Crippen MR) is 79.5 cm³/mol. The Morgan fingerprint density at radius 3 is 1.89 bits per heavy atom. The topological polar surface area (TPSA) is 0 Å². The number of hydrogen-bond acceptors (Lipinski definition) is 0. The van der Waals surface area contributed by atoms with Crippen molar-refractivity contribution < 1.29 is 21.7 Å². The Bertz CT molecular complexity index is 494. The Hall–Kier alpha value is -1.11. The third-order valence-corrected chi connectivity index (χ3v) is 2.53. The van der Waals surface area contributed by atoms with Crippen molar-refractivity contribution in [1.29, 1.82) is 0 Å². The van der Waals surface area contributed by atoms with E-state index in [-0.39, 0.29) is 44.0 Å². The average molecular weight is 270 g/mol. The van der Waals surface area contributed by atoms with Crippen LogP contribution in [0.5, 0.6) is 0 Å². The van der Waals surface area contributed by atoms with E-state index in [1.807, 2.05) is 12.1 Å². The largest absolute Gasteiger partial charge is 4.00 e. The molecule has 0 spiro atoms. The van der Waals surface area contributed by atoms with Crippen LogP contribution < -0.4 is 0 Å². The smallest absolute Gasteiger partial charge is 0.358 e. The van der Waals surface area contributed by atoms with Crippen LogP contribution in [0.1, 0.15) is 0 Å². The molecule has 3 aromatic rings. The summed E-state index contributed by atoms with van der Waals surface area (Å²) in [6, 6.07) is 22.2. The summed E-state index contributed by atoms with van der Waals surface area (Å²) in [6.45, 7) is 0. The molecule has 0 amide bonds. The summed E-state index contributed by atoms with van der Waals surface area (Å²) in [4.78, 5) is 0. The molecule has 0 fully saturated rings. The van der Waals surface area contributed by atoms with Crippen molar-refractivity contribution in [3.63, 3.8) is 0 Å². The molecule has 0 radical (unpaired) electrons. The van der Waals surface area contributed by atoms with E-state index < -0.39 is 0 Å². The maximum Gasteiger partial charge on any atom is 4.00 e. The maximum absolute atomic E-state index is 3.24. The molecule has 0 saturated heterocycles. The van der Waals surface area contributed by atoms with Crippen molar-refractivity contribution in [3.05, 3.63) is 82.9 Å². The normalized spacial score (nSPS) is 8.44. The van der Waals surface area contributed by atoms with Gasteiger partial charge in [0.1, 0.15) is 0 Å². The Labute approximate surface area is 126 Å². The van der Waals surface area contributed by atoms with Crippen LogP contribution in [-0.2, 0) is 21.7 Å². The van der Waals surface area contributed by atoms with Gasteiger partial charge in [0, 0.05) is 0 Å². The Morgan fingerprint density at radius 1 is 0.667 bits per heavy atom. The second-order valence-electron chi connectivity index (χ2n) is 3.46. The minimum Gasteiger partial charge on any atom is -0.358 e. The van der Waals surface area contributed by atoms with Crippen LogP contribution in [0.15, 0.2) is 54.6 Å². The second-order valence-corrected chi connectivity index (χ2v) is 3.46. The second kappa shape index (κ2) is 8.08. The molecule has 0 nitrogen and oxygen atoms in total. The number of rotatable bonds is 0. The molecule has 0 aromatic heterocycles. The molecule has 0 atom stereocenters. The summed E-state index contributed by atoms with van der Waals surface area (Å²) >= 11 is 0. The quantitative estimate of drug-likeness (QED) is 0.301. The van der Waals surface area contributed by atoms with Gasteiger partial charge in [-0.1, -0.05) is 35.7 Å². The number of benzene rings is 3. The third-order valence-electron chi connectivity index (χ3n) is 2.53. The van der Waals surface area contributed by atoms with E-state index in [0.717, 1.165) is 0 Å². The summed E-state index contributed by atoms with van der Waals surface area (Å²) < 4.78 is 0. The molecule has 0 aliphatic rings. The van der Waals surface area contributed by atoms with Gasteiger partial charge in [0.25, 0.3) is 0 Å². The average Bonchev–Trinajstić information content (AvgIpc) is 2.26. The van der Waals surface area contributed by atoms with Gasteiger partial charge in [0.2, 0.25) is 0 Å². The van der Waals surface area contributed by atoms with Gasteiger partial charge in [-0.25, -0.2) is 0 Å². The monoisotopic (exact) mass is 270 g/mol. The van der Waals surface area contributed by atoms with E-state index >= 15 is 0 Å². The fraction of sp³-hybridized carbons (Fsp3) is 0. The van der Waals surface area contributed by atoms with Gasteiger partial charge in [-0.15, -0.1) is 41.1 Å². The third kappa shape index (κ3) is 3.44. The van der Waals surface area contributed by atoms with Crippen LogP contribution >= 0.6 is 0 Å². The van der Waals surface area contributed by atoms with Crippen molar-refractivity contribution in [2.45, 2.75) is 0 Å². The SMILES string of the molecule is [CH3-].[CH3-].[CH3-].[Ti+4].[c-]1cccc2cc3ccccc3cc12. The standard InChI is InChI=1S/C14H9.3CH3.Ti/c1-2-6-12-10-14-8-4-3-7-13(14)9-11(12)5-1;;;;/h1-7,9-10H;3*1H3;/q4*-1;+4. The molecule has 3 aromatic carbocycles. The van der Waals surface area contributed by atoms with Crippen molar-refractivity contribution in [2.75, 3.05) is 0 Å². The van der Waals surface area contributed by atoms with Crippen LogP contribution in [0.25, 0.3) is 21.5 Å². The summed E-state index contributed by atoms with van der Waals surface area (Å²) in [5.74, 6) is 0. The Kier molecular flexibility index (Phi) is 8.63. The van der Waals surface area contributed by atoms with Crippen molar-refractivity contribution in [1.82, 2.24) is 0 Å². The first-order valence-corrected chi connectivity index (χ1v) is 4.73. The van der Waals surface area contributed by atoms with E-state index in [4.69, 9.17) is 0 Å². The first-order chi connectivity index (χ1) is 6.93. The van der Waals surface area contributed by atoms with E-state index in [9.17, 15) is 0 Å². The van der Waals surface area contributed by atoms with E-state index in [1.165, 1.54) is 21.5 Å². The Morgan fingerprint density at radius 2 is 1.22 bits per heavy atom. The molecule has 1 heteroatoms. The van der Waals surface area contributed by atoms with Gasteiger partial charge >= 0.3 is 21.7 Å². The van der Waals surface area contributed by atoms with Crippen molar-refractivity contribution in [2.24, 2.45) is 0 Å². The zero-order valence-electron chi connectivity index (χ0n) is 11.2. The summed E-state index contributed by atoms with van der Waals surface area (Å²) in [7, 11) is 0. The van der Waals surface area contributed by atoms with Crippen LogP contribution in [0, 0.1) is 28.3 Å². The summed E-state index contributed by atoms with van der Waals surface area (Å²) in [6.07, 6.45) is 0. The molecule has 90 valence electrons. The molecule has 0 unspecified atom stereocenters. The molecular weight excluding hydrogens is 252 g/mol. The zero-order valence-corrected chi connectivity index (χ0v) is 12.8. The Balaban J connectivity index is 0. The van der Waals surface area contributed by atoms with E-state index in [0.29, 0.717) is 0 Å². The zero-order chi connectivity index (χ0) is 9.38. The molecule has 0 saturated carbocycles. The molecule has 18 heavy (non-hydrogen) atoms. The first-order valence-electron chi connectivity index (χ1n) is 4.73. The molecule has 3 rings (SSSR count). The molecule has 0 aliphatic carbocycles. The van der Waals surface area contributed by atoms with Gasteiger partial charge in [-0.05, 0) is 5.39 Å². The summed E-state index contributed by atoms with van der Waals surface area (Å²) in [5, 5.41) is 5.01. The molecule has 0 N–H and O–H groups in total. The number of hydrogen-bond donors (Lipinski definition) is 0. The van der Waals surface area contributed by atoms with Crippen LogP contribution in [0.2, 0.25) is 0 Å². The van der Waals surface area contributed by atoms with Gasteiger partial charge in [-0.2, -0.15) is 0 Å². The van der Waals surface area contributed by atoms with Crippen molar-refractivity contribution in [3.8, 4) is 0 Å². The van der Waals surface area contributed by atoms with Crippen LogP contribution in [0.3, 0.4) is 0 Å². The molecular formula is C17H18Ti. The number of fused-ring (bicyclic) bond motifs is 2. The first kappa shape index (κ1) is 19.2. The van der Waals surface area contributed by atoms with E-state index in [2.05, 4.69) is 48.5 Å². The van der Waals surface area contributed by atoms with Crippen LogP contribution in [-0.4, -0.2) is 0 Å². The van der Waals surface area contributed by atoms with Gasteiger partial charge in [-0.3, -0.25) is 0 Å². The minimum absolute atomic E-state index is 0. The van der Waals surface area contributed by atoms with Gasteiger partial charge in [0.05, 0.1) is 0 Å². The summed E-state index contributed by atoms with van der Waals surface area (Å²) in [5.41, 5.74) is 0. The molecule has 0 aliphatic heterocycles. The minimum atomic E-state index is 0. The van der Waals surface area contributed by atoms with Gasteiger partial charge < -0.3 is 22.3 Å². The predicted octanol–water partition coefficient (Wildman–Crippen LogP) is 5.14. The van der Waals surface area contributed by atoms with Crippen LogP contribution in [0.4, 0.5) is 0 Å². The maximum atomic E-state index is 3.24. The van der Waals surface area contributed by atoms with Gasteiger partial charge in [0.15, 0.2) is 0 Å². The van der Waals surface area contributed by atoms with Crippen molar-refractivity contribution >= 4 is 21.5 Å². The molecule has 0 heterocycles. The van der Waals surface area contributed by atoms with E-state index in [1.54, 1.807) is 0 Å².